The zero-order chi connectivity index (χ0) is 27.1. The lowest BCUT2D eigenvalue weighted by Gasteiger charge is -2.25. The molecule has 36 heavy (non-hydrogen) atoms. The number of aromatic amines is 1. The van der Waals surface area contributed by atoms with Gasteiger partial charge in [0, 0.05) is 24.7 Å². The fourth-order valence-electron chi connectivity index (χ4n) is 3.08. The van der Waals surface area contributed by atoms with Crippen molar-refractivity contribution < 1.29 is 29.1 Å². The first kappa shape index (κ1) is 31.3. The maximum absolute atomic E-state index is 13.0. The van der Waals surface area contributed by atoms with Gasteiger partial charge in [-0.2, -0.15) is 23.5 Å². The number of carbonyl (C=O) groups excluding carboxylic acids is 4. The zero-order valence-electron chi connectivity index (χ0n) is 20.3. The number of H-pyrrole nitrogens is 1. The molecule has 0 spiro atoms. The lowest BCUT2D eigenvalue weighted by atomic mass is 10.1. The Kier molecular flexibility index (Phi) is 14.6. The molecule has 0 aromatic carbocycles. The van der Waals surface area contributed by atoms with Crippen LogP contribution in [-0.2, 0) is 30.4 Å². The van der Waals surface area contributed by atoms with E-state index in [2.05, 4.69) is 25.9 Å². The first-order valence-electron chi connectivity index (χ1n) is 11.2. The van der Waals surface area contributed by atoms with E-state index in [4.69, 9.17) is 11.5 Å². The van der Waals surface area contributed by atoms with Gasteiger partial charge in [0.1, 0.15) is 18.1 Å². The summed E-state index contributed by atoms with van der Waals surface area (Å²) in [5.41, 5.74) is 11.6. The molecule has 13 nitrogen and oxygen atoms in total. The van der Waals surface area contributed by atoms with Crippen LogP contribution in [0.15, 0.2) is 12.5 Å². The molecule has 4 unspecified atom stereocenters. The summed E-state index contributed by atoms with van der Waals surface area (Å²) in [7, 11) is 0. The summed E-state index contributed by atoms with van der Waals surface area (Å²) in [6.45, 7) is 0. The Balaban J connectivity index is 2.95. The number of primary amides is 1. The number of aliphatic carboxylic acids is 1. The summed E-state index contributed by atoms with van der Waals surface area (Å²) >= 11 is 2.96. The third-order valence-corrected chi connectivity index (χ3v) is 6.41. The number of carboxylic acid groups (broad SMARTS) is 1. The van der Waals surface area contributed by atoms with Crippen LogP contribution in [0.25, 0.3) is 0 Å². The second kappa shape index (κ2) is 16.8. The molecule has 0 saturated heterocycles. The van der Waals surface area contributed by atoms with Crippen LogP contribution in [0.2, 0.25) is 0 Å². The average Bonchev–Trinajstić information content (AvgIpc) is 3.34. The molecule has 0 aliphatic heterocycles. The van der Waals surface area contributed by atoms with Crippen molar-refractivity contribution in [2.24, 2.45) is 11.5 Å². The number of nitrogens with zero attached hydrogens (tertiary/aromatic N) is 1. The maximum atomic E-state index is 13.0. The maximum Gasteiger partial charge on any atom is 0.326 e. The molecule has 4 atom stereocenters. The first-order chi connectivity index (χ1) is 17.1. The molecule has 0 radical (unpaired) electrons. The number of carbonyl (C=O) groups is 5. The number of carboxylic acids is 1. The van der Waals surface area contributed by atoms with Crippen molar-refractivity contribution in [3.63, 3.8) is 0 Å². The van der Waals surface area contributed by atoms with E-state index < -0.39 is 53.8 Å². The van der Waals surface area contributed by atoms with Gasteiger partial charge in [-0.3, -0.25) is 19.2 Å². The average molecular weight is 546 g/mol. The van der Waals surface area contributed by atoms with Crippen LogP contribution in [0.1, 0.15) is 31.4 Å². The lowest BCUT2D eigenvalue weighted by Crippen LogP contribution is -2.57. The topological polar surface area (TPSA) is 222 Å². The highest BCUT2D eigenvalue weighted by atomic mass is 32.2. The fourth-order valence-corrected chi connectivity index (χ4v) is 4.04. The van der Waals surface area contributed by atoms with Gasteiger partial charge in [-0.05, 0) is 43.3 Å². The van der Waals surface area contributed by atoms with E-state index in [0.717, 1.165) is 0 Å². The van der Waals surface area contributed by atoms with Gasteiger partial charge >= 0.3 is 5.97 Å². The van der Waals surface area contributed by atoms with Crippen LogP contribution in [-0.4, -0.2) is 92.9 Å². The number of hydrogen-bond acceptors (Lipinski definition) is 9. The van der Waals surface area contributed by atoms with Crippen LogP contribution in [0, 0.1) is 0 Å². The molecule has 9 N–H and O–H groups in total. The van der Waals surface area contributed by atoms with Gasteiger partial charge in [-0.15, -0.1) is 0 Å². The number of nitrogens with one attached hydrogen (secondary N) is 4. The number of hydrogen-bond donors (Lipinski definition) is 7. The van der Waals surface area contributed by atoms with Crippen LogP contribution < -0.4 is 27.4 Å². The molecule has 1 rings (SSSR count). The summed E-state index contributed by atoms with van der Waals surface area (Å²) in [5.74, 6) is -2.73. The standard InChI is InChI=1S/C21H35N7O6S2/c1-35-7-5-13(22)18(30)26-14(3-4-17(23)29)19(31)27-15(6-8-36-2)20(32)28-16(21(33)34)9-12-10-24-11-25-12/h10-11,13-16H,3-9,22H2,1-2H3,(H2,23,29)(H,24,25)(H,26,30)(H,27,31)(H,28,32)(H,33,34). The van der Waals surface area contributed by atoms with Gasteiger partial charge in [0.25, 0.3) is 0 Å². The minimum absolute atomic E-state index is 0.0322. The number of rotatable bonds is 18. The van der Waals surface area contributed by atoms with Crippen LogP contribution in [0.4, 0.5) is 0 Å². The van der Waals surface area contributed by atoms with E-state index in [1.54, 1.807) is 0 Å². The van der Waals surface area contributed by atoms with E-state index in [1.165, 1.54) is 36.0 Å². The molecule has 1 heterocycles. The van der Waals surface area contributed by atoms with Crippen molar-refractivity contribution in [1.29, 1.82) is 0 Å². The Morgan fingerprint density at radius 3 is 2.03 bits per heavy atom. The summed E-state index contributed by atoms with van der Waals surface area (Å²) in [5, 5.41) is 17.1. The molecule has 0 aliphatic rings. The fraction of sp³-hybridized carbons (Fsp3) is 0.619. The number of nitrogens with two attached hydrogens (primary N) is 2. The van der Waals surface area contributed by atoms with Crippen molar-refractivity contribution in [3.8, 4) is 0 Å². The van der Waals surface area contributed by atoms with Crippen LogP contribution in [0.5, 0.6) is 0 Å². The predicted octanol–water partition coefficient (Wildman–Crippen LogP) is -1.41. The molecule has 1 aromatic heterocycles. The monoisotopic (exact) mass is 545 g/mol. The Bertz CT molecular complexity index is 871. The number of aromatic nitrogens is 2. The first-order valence-corrected chi connectivity index (χ1v) is 14.0. The molecular formula is C21H35N7O6S2. The Morgan fingerprint density at radius 2 is 1.50 bits per heavy atom. The Morgan fingerprint density at radius 1 is 0.944 bits per heavy atom. The van der Waals surface area contributed by atoms with Crippen molar-refractivity contribution in [2.45, 2.75) is 56.3 Å². The van der Waals surface area contributed by atoms with E-state index in [0.29, 0.717) is 23.6 Å². The highest BCUT2D eigenvalue weighted by Crippen LogP contribution is 2.07. The van der Waals surface area contributed by atoms with Crippen molar-refractivity contribution in [1.82, 2.24) is 25.9 Å². The van der Waals surface area contributed by atoms with E-state index >= 15 is 0 Å². The van der Waals surface area contributed by atoms with Gasteiger partial charge in [0.2, 0.25) is 23.6 Å². The second-order valence-electron chi connectivity index (χ2n) is 7.98. The molecule has 0 fully saturated rings. The molecule has 202 valence electrons. The van der Waals surface area contributed by atoms with Crippen LogP contribution in [0.3, 0.4) is 0 Å². The van der Waals surface area contributed by atoms with Gasteiger partial charge in [0.15, 0.2) is 0 Å². The number of thioether (sulfide) groups is 2. The SMILES string of the molecule is CSCCC(N)C(=O)NC(CCC(N)=O)C(=O)NC(CCSC)C(=O)NC(Cc1cnc[nH]1)C(=O)O. The molecule has 0 saturated carbocycles. The van der Waals surface area contributed by atoms with Gasteiger partial charge < -0.3 is 37.5 Å². The largest absolute Gasteiger partial charge is 0.480 e. The van der Waals surface area contributed by atoms with Gasteiger partial charge in [0.05, 0.1) is 12.4 Å². The zero-order valence-corrected chi connectivity index (χ0v) is 22.0. The van der Waals surface area contributed by atoms with Gasteiger partial charge in [-0.25, -0.2) is 9.78 Å². The minimum atomic E-state index is -1.26. The molecule has 0 aliphatic carbocycles. The molecule has 0 bridgehead atoms. The minimum Gasteiger partial charge on any atom is -0.480 e. The second-order valence-corrected chi connectivity index (χ2v) is 9.95. The summed E-state index contributed by atoms with van der Waals surface area (Å²) < 4.78 is 0. The molecule has 1 aromatic rings. The van der Waals surface area contributed by atoms with E-state index in [1.807, 2.05) is 12.5 Å². The third kappa shape index (κ3) is 11.8. The van der Waals surface area contributed by atoms with E-state index in [9.17, 15) is 29.1 Å². The summed E-state index contributed by atoms with van der Waals surface area (Å²) in [6, 6.07) is -4.34. The van der Waals surface area contributed by atoms with Crippen LogP contribution >= 0.6 is 23.5 Å². The lowest BCUT2D eigenvalue weighted by molar-refractivity contribution is -0.142. The number of imidazole rings is 1. The summed E-state index contributed by atoms with van der Waals surface area (Å²) in [6.07, 6.45) is 6.84. The van der Waals surface area contributed by atoms with Crippen molar-refractivity contribution in [3.05, 3.63) is 18.2 Å². The highest BCUT2D eigenvalue weighted by Gasteiger charge is 2.30. The molecular weight excluding hydrogens is 510 g/mol. The van der Waals surface area contributed by atoms with Gasteiger partial charge in [-0.1, -0.05) is 0 Å². The quantitative estimate of drug-likeness (QED) is 0.114. The Labute approximate surface area is 218 Å². The number of amides is 4. The highest BCUT2D eigenvalue weighted by molar-refractivity contribution is 7.98. The van der Waals surface area contributed by atoms with Crippen molar-refractivity contribution >= 4 is 53.1 Å². The molecule has 4 amide bonds. The normalized spacial score (nSPS) is 14.2. The van der Waals surface area contributed by atoms with E-state index in [-0.39, 0.29) is 25.7 Å². The predicted molar refractivity (Wildman–Crippen MR) is 138 cm³/mol. The Hall–Kier alpha value is -2.78. The smallest absolute Gasteiger partial charge is 0.326 e. The third-order valence-electron chi connectivity index (χ3n) is 5.12. The van der Waals surface area contributed by atoms with Crippen molar-refractivity contribution in [2.75, 3.05) is 24.0 Å². The molecule has 15 heteroatoms. The summed E-state index contributed by atoms with van der Waals surface area (Å²) in [4.78, 5) is 68.1.